The fraction of sp³-hybridized carbons (Fsp3) is 0.300. The Hall–Kier alpha value is -2.82. The third-order valence-electron chi connectivity index (χ3n) is 4.92. The van der Waals surface area contributed by atoms with Crippen molar-refractivity contribution >= 4 is 16.9 Å². The van der Waals surface area contributed by atoms with Crippen LogP contribution in [0, 0.1) is 5.92 Å². The van der Waals surface area contributed by atoms with Crippen molar-refractivity contribution in [2.45, 2.75) is 25.4 Å². The monoisotopic (exact) mass is 335 g/mol. The van der Waals surface area contributed by atoms with Crippen LogP contribution < -0.4 is 11.0 Å². The maximum atomic E-state index is 12.7. The Kier molecular flexibility index (Phi) is 3.92. The minimum Gasteiger partial charge on any atom is -0.347 e. The zero-order valence-electron chi connectivity index (χ0n) is 14.2. The molecule has 0 spiro atoms. The standard InChI is InChI=1S/C20H21N3O2/c1-22-16-9-5-6-10-17(16)23(20(22)25)13-18(24)21-19(15-11-12-15)14-7-3-2-4-8-14/h2-10,15,19H,11-13H2,1H3,(H,21,24)/t19-/m1/s1. The number of para-hydroxylation sites is 2. The lowest BCUT2D eigenvalue weighted by Crippen LogP contribution is -2.35. The molecule has 1 heterocycles. The molecule has 0 bridgehead atoms. The molecule has 128 valence electrons. The zero-order chi connectivity index (χ0) is 17.4. The quantitative estimate of drug-likeness (QED) is 0.779. The third kappa shape index (κ3) is 2.97. The molecule has 5 nitrogen and oxygen atoms in total. The molecule has 0 saturated heterocycles. The van der Waals surface area contributed by atoms with Crippen LogP contribution in [0.3, 0.4) is 0 Å². The number of amides is 1. The maximum Gasteiger partial charge on any atom is 0.329 e. The van der Waals surface area contributed by atoms with Crippen LogP contribution in [0.5, 0.6) is 0 Å². The molecule has 5 heteroatoms. The van der Waals surface area contributed by atoms with Gasteiger partial charge in [0.05, 0.1) is 17.1 Å². The van der Waals surface area contributed by atoms with Crippen LogP contribution in [-0.2, 0) is 18.4 Å². The Morgan fingerprint density at radius 3 is 2.40 bits per heavy atom. The smallest absolute Gasteiger partial charge is 0.329 e. The summed E-state index contributed by atoms with van der Waals surface area (Å²) in [7, 11) is 1.73. The number of hydrogen-bond acceptors (Lipinski definition) is 2. The molecular weight excluding hydrogens is 314 g/mol. The molecule has 1 amide bonds. The van der Waals surface area contributed by atoms with Crippen LogP contribution in [0.15, 0.2) is 59.4 Å². The van der Waals surface area contributed by atoms with Gasteiger partial charge in [-0.1, -0.05) is 42.5 Å². The summed E-state index contributed by atoms with van der Waals surface area (Å²) in [5, 5.41) is 3.14. The van der Waals surface area contributed by atoms with Crippen LogP contribution >= 0.6 is 0 Å². The molecule has 1 N–H and O–H groups in total. The number of carbonyl (C=O) groups excluding carboxylic acids is 1. The number of imidazole rings is 1. The van der Waals surface area contributed by atoms with Gasteiger partial charge in [0.15, 0.2) is 0 Å². The van der Waals surface area contributed by atoms with E-state index in [9.17, 15) is 9.59 Å². The summed E-state index contributed by atoms with van der Waals surface area (Å²) in [5.74, 6) is 0.370. The molecular formula is C20H21N3O2. The van der Waals surface area contributed by atoms with E-state index < -0.39 is 0 Å². The first kappa shape index (κ1) is 15.7. The van der Waals surface area contributed by atoms with Gasteiger partial charge in [0.25, 0.3) is 0 Å². The fourth-order valence-electron chi connectivity index (χ4n) is 3.44. The topological polar surface area (TPSA) is 56.0 Å². The highest BCUT2D eigenvalue weighted by molar-refractivity contribution is 5.81. The highest BCUT2D eigenvalue weighted by Crippen LogP contribution is 2.40. The fourth-order valence-corrected chi connectivity index (χ4v) is 3.44. The molecule has 1 fully saturated rings. The molecule has 3 aromatic rings. The van der Waals surface area contributed by atoms with Crippen LogP contribution in [-0.4, -0.2) is 15.0 Å². The summed E-state index contributed by atoms with van der Waals surface area (Å²) >= 11 is 0. The molecule has 4 rings (SSSR count). The summed E-state index contributed by atoms with van der Waals surface area (Å²) in [6.07, 6.45) is 2.27. The molecule has 1 saturated carbocycles. The molecule has 0 unspecified atom stereocenters. The predicted molar refractivity (Wildman–Crippen MR) is 97.2 cm³/mol. The summed E-state index contributed by atoms with van der Waals surface area (Å²) in [6.45, 7) is 0.0379. The van der Waals surface area contributed by atoms with Gasteiger partial charge in [-0.05, 0) is 36.5 Å². The van der Waals surface area contributed by atoms with Gasteiger partial charge in [-0.2, -0.15) is 0 Å². The number of benzene rings is 2. The van der Waals surface area contributed by atoms with Gasteiger partial charge in [0, 0.05) is 7.05 Å². The number of nitrogens with one attached hydrogen (secondary N) is 1. The highest BCUT2D eigenvalue weighted by atomic mass is 16.2. The van der Waals surface area contributed by atoms with E-state index in [2.05, 4.69) is 5.32 Å². The molecule has 1 aliphatic rings. The number of aryl methyl sites for hydroxylation is 1. The normalized spacial score (nSPS) is 15.2. The van der Waals surface area contributed by atoms with E-state index in [1.807, 2.05) is 54.6 Å². The van der Waals surface area contributed by atoms with Crippen molar-refractivity contribution < 1.29 is 4.79 Å². The number of fused-ring (bicyclic) bond motifs is 1. The van der Waals surface area contributed by atoms with E-state index in [1.54, 1.807) is 16.2 Å². The molecule has 1 aromatic heterocycles. The second kappa shape index (κ2) is 6.24. The number of hydrogen-bond donors (Lipinski definition) is 1. The minimum absolute atomic E-state index is 0.0272. The molecule has 0 aliphatic heterocycles. The predicted octanol–water partition coefficient (Wildman–Crippen LogP) is 2.61. The van der Waals surface area contributed by atoms with E-state index in [0.717, 1.165) is 29.4 Å². The highest BCUT2D eigenvalue weighted by Gasteiger charge is 2.33. The van der Waals surface area contributed by atoms with Crippen molar-refractivity contribution in [2.75, 3.05) is 0 Å². The summed E-state index contributed by atoms with van der Waals surface area (Å²) in [4.78, 5) is 25.1. The van der Waals surface area contributed by atoms with Crippen molar-refractivity contribution in [3.8, 4) is 0 Å². The average molecular weight is 335 g/mol. The van der Waals surface area contributed by atoms with E-state index in [4.69, 9.17) is 0 Å². The molecule has 0 radical (unpaired) electrons. The first-order valence-corrected chi connectivity index (χ1v) is 8.63. The van der Waals surface area contributed by atoms with Gasteiger partial charge >= 0.3 is 5.69 Å². The number of carbonyl (C=O) groups is 1. The largest absolute Gasteiger partial charge is 0.347 e. The van der Waals surface area contributed by atoms with E-state index in [-0.39, 0.29) is 24.2 Å². The molecule has 1 aliphatic carbocycles. The molecule has 1 atom stereocenters. The molecule has 2 aromatic carbocycles. The van der Waals surface area contributed by atoms with Crippen LogP contribution in [0.4, 0.5) is 0 Å². The minimum atomic E-state index is -0.168. The first-order chi connectivity index (χ1) is 12.1. The lowest BCUT2D eigenvalue weighted by Gasteiger charge is -2.19. The second-order valence-electron chi connectivity index (χ2n) is 6.71. The van der Waals surface area contributed by atoms with Crippen LogP contribution in [0.25, 0.3) is 11.0 Å². The Labute approximate surface area is 145 Å². The summed E-state index contributed by atoms with van der Waals surface area (Å²) in [5.41, 5.74) is 2.58. The number of rotatable bonds is 5. The van der Waals surface area contributed by atoms with E-state index in [0.29, 0.717) is 5.92 Å². The maximum absolute atomic E-state index is 12.7. The van der Waals surface area contributed by atoms with Gasteiger partial charge in [0.1, 0.15) is 6.54 Å². The van der Waals surface area contributed by atoms with E-state index in [1.165, 1.54) is 0 Å². The SMILES string of the molecule is Cn1c(=O)n(CC(=O)N[C@H](c2ccccc2)C2CC2)c2ccccc21. The molecule has 25 heavy (non-hydrogen) atoms. The average Bonchev–Trinajstić information content (AvgIpc) is 3.45. The number of aromatic nitrogens is 2. The van der Waals surface area contributed by atoms with Crippen LogP contribution in [0.1, 0.15) is 24.4 Å². The van der Waals surface area contributed by atoms with Gasteiger partial charge in [-0.3, -0.25) is 13.9 Å². The van der Waals surface area contributed by atoms with E-state index >= 15 is 0 Å². The van der Waals surface area contributed by atoms with Crippen molar-refractivity contribution in [3.05, 3.63) is 70.6 Å². The van der Waals surface area contributed by atoms with Gasteiger partial charge in [0.2, 0.25) is 5.91 Å². The van der Waals surface area contributed by atoms with Crippen LogP contribution in [0.2, 0.25) is 0 Å². The second-order valence-corrected chi connectivity index (χ2v) is 6.71. The summed E-state index contributed by atoms with van der Waals surface area (Å²) < 4.78 is 3.12. The Bertz CT molecular complexity index is 968. The summed E-state index contributed by atoms with van der Waals surface area (Å²) in [6, 6.07) is 17.6. The Morgan fingerprint density at radius 1 is 1.08 bits per heavy atom. The van der Waals surface area contributed by atoms with Gasteiger partial charge in [-0.15, -0.1) is 0 Å². The number of nitrogens with zero attached hydrogens (tertiary/aromatic N) is 2. The first-order valence-electron chi connectivity index (χ1n) is 8.63. The Morgan fingerprint density at radius 2 is 1.72 bits per heavy atom. The van der Waals surface area contributed by atoms with Crippen molar-refractivity contribution in [3.63, 3.8) is 0 Å². The lowest BCUT2D eigenvalue weighted by atomic mass is 10.0. The lowest BCUT2D eigenvalue weighted by molar-refractivity contribution is -0.122. The third-order valence-corrected chi connectivity index (χ3v) is 4.92. The van der Waals surface area contributed by atoms with Crippen molar-refractivity contribution in [1.82, 2.24) is 14.5 Å². The van der Waals surface area contributed by atoms with Gasteiger partial charge in [-0.25, -0.2) is 4.79 Å². The zero-order valence-corrected chi connectivity index (χ0v) is 14.2. The van der Waals surface area contributed by atoms with Crippen molar-refractivity contribution in [2.24, 2.45) is 13.0 Å². The Balaban J connectivity index is 1.58. The van der Waals surface area contributed by atoms with Crippen molar-refractivity contribution in [1.29, 1.82) is 0 Å². The van der Waals surface area contributed by atoms with Gasteiger partial charge < -0.3 is 5.32 Å².